The summed E-state index contributed by atoms with van der Waals surface area (Å²) in [5, 5.41) is 11.5. The lowest BCUT2D eigenvalue weighted by atomic mass is 9.46. The number of rotatable bonds is 4. The van der Waals surface area contributed by atoms with Crippen molar-refractivity contribution in [3.05, 3.63) is 11.6 Å². The highest BCUT2D eigenvalue weighted by Gasteiger charge is 2.66. The number of hydrogen-bond donors (Lipinski definition) is 1. The maximum Gasteiger partial charge on any atom is 0.305 e. The van der Waals surface area contributed by atoms with Crippen LogP contribution < -0.4 is 0 Å². The number of fused-ring (bicyclic) bond motifs is 5. The number of carbonyl (C=O) groups excluding carboxylic acids is 3. The summed E-state index contributed by atoms with van der Waals surface area (Å²) in [5.41, 5.74) is -0.462. The van der Waals surface area contributed by atoms with E-state index in [9.17, 15) is 19.5 Å². The standard InChI is InChI=1S/C24H34O5/c1-4-21(27)29-14-20(26)24(28)12-9-19-17-6-5-15-13-16(25)7-10-22(15,2)18(17)8-11-23(19,24)3/h13,17-19,28H,4-12,14H2,1-3H3/t17?,18?,19?,22-,23-,24-/m0/s1. The van der Waals surface area contributed by atoms with Crippen LogP contribution in [0.2, 0.25) is 0 Å². The molecule has 160 valence electrons. The molecule has 3 fully saturated rings. The molecule has 5 nitrogen and oxygen atoms in total. The number of ketones is 2. The molecule has 0 aromatic carbocycles. The van der Waals surface area contributed by atoms with Gasteiger partial charge in [-0.2, -0.15) is 0 Å². The van der Waals surface area contributed by atoms with Gasteiger partial charge in [-0.3, -0.25) is 14.4 Å². The quantitative estimate of drug-likeness (QED) is 0.724. The number of esters is 1. The van der Waals surface area contributed by atoms with E-state index in [1.807, 2.05) is 6.08 Å². The molecule has 0 amide bonds. The molecule has 4 aliphatic rings. The highest BCUT2D eigenvalue weighted by atomic mass is 16.5. The Hall–Kier alpha value is -1.49. The predicted molar refractivity (Wildman–Crippen MR) is 108 cm³/mol. The highest BCUT2D eigenvalue weighted by molar-refractivity contribution is 5.92. The molecule has 0 saturated heterocycles. The van der Waals surface area contributed by atoms with Crippen molar-refractivity contribution in [1.82, 2.24) is 0 Å². The molecule has 4 rings (SSSR count). The number of Topliss-reactive ketones (excluding diaryl/α,β-unsaturated/α-hetero) is 1. The first-order valence-electron chi connectivity index (χ1n) is 11.3. The Balaban J connectivity index is 1.57. The summed E-state index contributed by atoms with van der Waals surface area (Å²) in [6, 6.07) is 0. The molecule has 3 unspecified atom stereocenters. The third-order valence-corrected chi connectivity index (χ3v) is 9.23. The lowest BCUT2D eigenvalue weighted by Crippen LogP contribution is -2.58. The van der Waals surface area contributed by atoms with Gasteiger partial charge < -0.3 is 9.84 Å². The second-order valence-electron chi connectivity index (χ2n) is 10.3. The molecule has 3 saturated carbocycles. The van der Waals surface area contributed by atoms with Crippen molar-refractivity contribution >= 4 is 17.5 Å². The lowest BCUT2D eigenvalue weighted by molar-refractivity contribution is -0.169. The van der Waals surface area contributed by atoms with Crippen molar-refractivity contribution < 1.29 is 24.2 Å². The first-order valence-corrected chi connectivity index (χ1v) is 11.3. The van der Waals surface area contributed by atoms with Crippen LogP contribution in [-0.4, -0.2) is 34.9 Å². The largest absolute Gasteiger partial charge is 0.458 e. The molecule has 1 N–H and O–H groups in total. The van der Waals surface area contributed by atoms with Gasteiger partial charge in [0.2, 0.25) is 5.78 Å². The van der Waals surface area contributed by atoms with Crippen LogP contribution in [0.25, 0.3) is 0 Å². The number of hydrogen-bond acceptors (Lipinski definition) is 5. The van der Waals surface area contributed by atoms with Crippen molar-refractivity contribution in [2.75, 3.05) is 6.61 Å². The molecule has 0 radical (unpaired) electrons. The summed E-state index contributed by atoms with van der Waals surface area (Å²) in [6.07, 6.45) is 8.77. The summed E-state index contributed by atoms with van der Waals surface area (Å²) in [5.74, 6) is 0.811. The minimum Gasteiger partial charge on any atom is -0.458 e. The predicted octanol–water partition coefficient (Wildman–Crippen LogP) is 3.77. The molecule has 0 heterocycles. The zero-order valence-electron chi connectivity index (χ0n) is 18.0. The number of allylic oxidation sites excluding steroid dienone is 1. The van der Waals surface area contributed by atoms with Crippen molar-refractivity contribution in [1.29, 1.82) is 0 Å². The van der Waals surface area contributed by atoms with Crippen LogP contribution >= 0.6 is 0 Å². The van der Waals surface area contributed by atoms with E-state index in [1.165, 1.54) is 5.57 Å². The van der Waals surface area contributed by atoms with Gasteiger partial charge >= 0.3 is 5.97 Å². The van der Waals surface area contributed by atoms with Gasteiger partial charge in [-0.15, -0.1) is 0 Å². The first kappa shape index (κ1) is 20.8. The molecular formula is C24H34O5. The van der Waals surface area contributed by atoms with Crippen LogP contribution in [0.3, 0.4) is 0 Å². The van der Waals surface area contributed by atoms with Gasteiger partial charge in [0.05, 0.1) is 0 Å². The van der Waals surface area contributed by atoms with Gasteiger partial charge in [-0.1, -0.05) is 26.3 Å². The summed E-state index contributed by atoms with van der Waals surface area (Å²) in [7, 11) is 0. The monoisotopic (exact) mass is 402 g/mol. The maximum absolute atomic E-state index is 13.0. The van der Waals surface area contributed by atoms with Crippen LogP contribution in [0.15, 0.2) is 11.6 Å². The van der Waals surface area contributed by atoms with Gasteiger partial charge in [0.15, 0.2) is 12.4 Å². The van der Waals surface area contributed by atoms with Crippen molar-refractivity contribution in [2.45, 2.75) is 84.2 Å². The van der Waals surface area contributed by atoms with Gasteiger partial charge in [-0.05, 0) is 74.2 Å². The Kier molecular flexibility index (Phi) is 5.04. The van der Waals surface area contributed by atoms with Crippen LogP contribution in [0.4, 0.5) is 0 Å². The summed E-state index contributed by atoms with van der Waals surface area (Å²) < 4.78 is 5.07. The fourth-order valence-corrected chi connectivity index (χ4v) is 7.40. The molecule has 0 aliphatic heterocycles. The third kappa shape index (κ3) is 2.95. The molecule has 0 aromatic heterocycles. The molecule has 29 heavy (non-hydrogen) atoms. The maximum atomic E-state index is 13.0. The van der Waals surface area contributed by atoms with Gasteiger partial charge in [0, 0.05) is 18.3 Å². The SMILES string of the molecule is CCC(=O)OCC(=O)[C@@]1(O)CCC2C3CCC4=CC(=O)CC[C@]4(C)C3CC[C@@]21C. The van der Waals surface area contributed by atoms with E-state index in [0.717, 1.165) is 38.5 Å². The van der Waals surface area contributed by atoms with E-state index in [2.05, 4.69) is 13.8 Å². The van der Waals surface area contributed by atoms with E-state index in [1.54, 1.807) is 6.92 Å². The Morgan fingerprint density at radius 2 is 1.83 bits per heavy atom. The lowest BCUT2D eigenvalue weighted by Gasteiger charge is -2.58. The Morgan fingerprint density at radius 3 is 2.55 bits per heavy atom. The number of carbonyl (C=O) groups is 3. The fourth-order valence-electron chi connectivity index (χ4n) is 7.40. The molecule has 6 atom stereocenters. The molecule has 4 aliphatic carbocycles. The Labute approximate surface area is 173 Å². The normalized spacial score (nSPS) is 43.7. The van der Waals surface area contributed by atoms with E-state index in [0.29, 0.717) is 30.6 Å². The molecular weight excluding hydrogens is 368 g/mol. The zero-order chi connectivity index (χ0) is 21.0. The van der Waals surface area contributed by atoms with Crippen molar-refractivity contribution in [2.24, 2.45) is 28.6 Å². The van der Waals surface area contributed by atoms with Crippen LogP contribution in [0, 0.1) is 28.6 Å². The van der Waals surface area contributed by atoms with E-state index in [-0.39, 0.29) is 30.0 Å². The summed E-state index contributed by atoms with van der Waals surface area (Å²) in [4.78, 5) is 36.4. The van der Waals surface area contributed by atoms with Crippen LogP contribution in [0.1, 0.15) is 78.6 Å². The molecule has 5 heteroatoms. The summed E-state index contributed by atoms with van der Waals surface area (Å²) >= 11 is 0. The van der Waals surface area contributed by atoms with Crippen molar-refractivity contribution in [3.63, 3.8) is 0 Å². The van der Waals surface area contributed by atoms with Gasteiger partial charge in [0.25, 0.3) is 0 Å². The molecule has 0 aromatic rings. The fraction of sp³-hybridized carbons (Fsp3) is 0.792. The first-order chi connectivity index (χ1) is 13.7. The van der Waals surface area contributed by atoms with Crippen LogP contribution in [-0.2, 0) is 19.1 Å². The number of aliphatic hydroxyl groups is 1. The topological polar surface area (TPSA) is 80.7 Å². The van der Waals surface area contributed by atoms with Gasteiger partial charge in [0.1, 0.15) is 5.60 Å². The average Bonchev–Trinajstić information content (AvgIpc) is 2.98. The molecule has 0 spiro atoms. The average molecular weight is 403 g/mol. The Bertz CT molecular complexity index is 769. The minimum absolute atomic E-state index is 0.0829. The summed E-state index contributed by atoms with van der Waals surface area (Å²) in [6.45, 7) is 5.78. The second-order valence-corrected chi connectivity index (χ2v) is 10.3. The van der Waals surface area contributed by atoms with E-state index >= 15 is 0 Å². The highest BCUT2D eigenvalue weighted by Crippen LogP contribution is 2.67. The van der Waals surface area contributed by atoms with Gasteiger partial charge in [-0.25, -0.2) is 0 Å². The van der Waals surface area contributed by atoms with E-state index in [4.69, 9.17) is 4.74 Å². The smallest absolute Gasteiger partial charge is 0.305 e. The molecule has 0 bridgehead atoms. The Morgan fingerprint density at radius 1 is 1.10 bits per heavy atom. The second kappa shape index (κ2) is 7.04. The third-order valence-electron chi connectivity index (χ3n) is 9.23. The minimum atomic E-state index is -1.41. The zero-order valence-corrected chi connectivity index (χ0v) is 18.0. The number of ether oxygens (including phenoxy) is 1. The van der Waals surface area contributed by atoms with Crippen LogP contribution in [0.5, 0.6) is 0 Å². The van der Waals surface area contributed by atoms with Crippen molar-refractivity contribution in [3.8, 4) is 0 Å². The van der Waals surface area contributed by atoms with E-state index < -0.39 is 17.0 Å².